The second kappa shape index (κ2) is 9.48. The first kappa shape index (κ1) is 21.8. The highest BCUT2D eigenvalue weighted by molar-refractivity contribution is 7.98. The average molecular weight is 482 g/mol. The lowest BCUT2D eigenvalue weighted by molar-refractivity contribution is -0.0512. The van der Waals surface area contributed by atoms with Crippen molar-refractivity contribution in [3.8, 4) is 34.5 Å². The topological polar surface area (TPSA) is 96.3 Å². The summed E-state index contributed by atoms with van der Waals surface area (Å²) in [6, 6.07) is 15.7. The summed E-state index contributed by atoms with van der Waals surface area (Å²) in [7, 11) is 1.36. The van der Waals surface area contributed by atoms with Crippen LogP contribution in [0.3, 0.4) is 0 Å². The molecular weight excluding hydrogens is 466 g/mol. The minimum Gasteiger partial charge on any atom is -0.493 e. The molecule has 34 heavy (non-hydrogen) atoms. The number of furan rings is 1. The zero-order valence-electron chi connectivity index (χ0n) is 17.6. The van der Waals surface area contributed by atoms with Crippen LogP contribution < -0.4 is 9.47 Å². The van der Waals surface area contributed by atoms with Crippen LogP contribution in [0.4, 0.5) is 8.78 Å². The SMILES string of the molecule is COc1cc(-c2noc(CSc3nc(-c4ccco4)nc4ccccc34)n2)ccc1OC(F)F. The number of benzene rings is 2. The average Bonchev–Trinajstić information content (AvgIpc) is 3.55. The molecule has 8 nitrogen and oxygen atoms in total. The Balaban J connectivity index is 1.38. The van der Waals surface area contributed by atoms with Crippen molar-refractivity contribution >= 4 is 22.7 Å². The number of para-hydroxylation sites is 1. The second-order valence-electron chi connectivity index (χ2n) is 6.89. The predicted molar refractivity (Wildman–Crippen MR) is 120 cm³/mol. The number of halogens is 2. The van der Waals surface area contributed by atoms with Crippen molar-refractivity contribution in [1.29, 1.82) is 0 Å². The van der Waals surface area contributed by atoms with Gasteiger partial charge in [0, 0.05) is 10.9 Å². The van der Waals surface area contributed by atoms with Gasteiger partial charge in [0.1, 0.15) is 5.03 Å². The van der Waals surface area contributed by atoms with Gasteiger partial charge in [-0.25, -0.2) is 9.97 Å². The Kier molecular flexibility index (Phi) is 6.09. The van der Waals surface area contributed by atoms with E-state index in [1.165, 1.54) is 31.0 Å². The standard InChI is InChI=1S/C23H16F2N4O4S/c1-30-18-11-13(8-9-16(18)32-23(24)25)20-27-19(33-29-20)12-34-22-14-5-2-3-6-15(14)26-21(28-22)17-7-4-10-31-17/h2-11,23H,12H2,1H3. The van der Waals surface area contributed by atoms with Crippen LogP contribution in [0.2, 0.25) is 0 Å². The lowest BCUT2D eigenvalue weighted by atomic mass is 10.2. The molecule has 0 unspecified atom stereocenters. The Morgan fingerprint density at radius 2 is 1.85 bits per heavy atom. The Labute approximate surface area is 195 Å². The van der Waals surface area contributed by atoms with E-state index in [2.05, 4.69) is 24.8 Å². The lowest BCUT2D eigenvalue weighted by Gasteiger charge is -2.10. The van der Waals surface area contributed by atoms with Gasteiger partial charge in [-0.2, -0.15) is 13.8 Å². The van der Waals surface area contributed by atoms with E-state index in [0.29, 0.717) is 34.6 Å². The van der Waals surface area contributed by atoms with Crippen LogP contribution in [0.1, 0.15) is 5.89 Å². The molecule has 0 radical (unpaired) electrons. The largest absolute Gasteiger partial charge is 0.493 e. The first-order chi connectivity index (χ1) is 16.6. The number of nitrogens with zero attached hydrogens (tertiary/aromatic N) is 4. The number of hydrogen-bond donors (Lipinski definition) is 0. The van der Waals surface area contributed by atoms with Crippen LogP contribution in [0.25, 0.3) is 33.9 Å². The molecule has 0 aliphatic carbocycles. The van der Waals surface area contributed by atoms with Crippen molar-refractivity contribution < 1.29 is 27.2 Å². The van der Waals surface area contributed by atoms with E-state index in [9.17, 15) is 8.78 Å². The van der Waals surface area contributed by atoms with Crippen molar-refractivity contribution in [1.82, 2.24) is 20.1 Å². The maximum absolute atomic E-state index is 12.6. The summed E-state index contributed by atoms with van der Waals surface area (Å²) in [6.07, 6.45) is 1.57. The summed E-state index contributed by atoms with van der Waals surface area (Å²) in [6.45, 7) is -2.96. The van der Waals surface area contributed by atoms with Crippen molar-refractivity contribution in [2.45, 2.75) is 17.4 Å². The van der Waals surface area contributed by atoms with Crippen LogP contribution in [-0.4, -0.2) is 33.8 Å². The Bertz CT molecular complexity index is 1430. The summed E-state index contributed by atoms with van der Waals surface area (Å²) in [5.41, 5.74) is 1.32. The fourth-order valence-corrected chi connectivity index (χ4v) is 4.09. The maximum Gasteiger partial charge on any atom is 0.387 e. The molecule has 0 N–H and O–H groups in total. The number of hydrogen-bond acceptors (Lipinski definition) is 9. The summed E-state index contributed by atoms with van der Waals surface area (Å²) < 4.78 is 45.5. The van der Waals surface area contributed by atoms with Gasteiger partial charge in [-0.15, -0.1) is 0 Å². The van der Waals surface area contributed by atoms with Gasteiger partial charge < -0.3 is 18.4 Å². The molecule has 2 aromatic carbocycles. The van der Waals surface area contributed by atoms with Gasteiger partial charge in [0.15, 0.2) is 23.1 Å². The minimum absolute atomic E-state index is 0.0801. The zero-order chi connectivity index (χ0) is 23.5. The van der Waals surface area contributed by atoms with Crippen molar-refractivity contribution in [3.05, 3.63) is 66.8 Å². The minimum atomic E-state index is -2.96. The van der Waals surface area contributed by atoms with Crippen LogP contribution in [0.15, 0.2) is 74.8 Å². The van der Waals surface area contributed by atoms with Gasteiger partial charge in [-0.1, -0.05) is 35.1 Å². The zero-order valence-corrected chi connectivity index (χ0v) is 18.5. The highest BCUT2D eigenvalue weighted by Crippen LogP contribution is 2.34. The van der Waals surface area contributed by atoms with Gasteiger partial charge in [0.05, 0.1) is 24.6 Å². The number of alkyl halides is 2. The van der Waals surface area contributed by atoms with Crippen LogP contribution in [-0.2, 0) is 5.75 Å². The molecule has 11 heteroatoms. The first-order valence-corrected chi connectivity index (χ1v) is 11.0. The van der Waals surface area contributed by atoms with Gasteiger partial charge >= 0.3 is 6.61 Å². The molecule has 0 aliphatic heterocycles. The molecule has 0 saturated carbocycles. The summed E-state index contributed by atoms with van der Waals surface area (Å²) in [5, 5.41) is 5.63. The van der Waals surface area contributed by atoms with E-state index in [1.54, 1.807) is 24.5 Å². The number of methoxy groups -OCH3 is 1. The highest BCUT2D eigenvalue weighted by atomic mass is 32.2. The molecule has 0 spiro atoms. The summed E-state index contributed by atoms with van der Waals surface area (Å²) in [5.74, 6) is 2.13. The number of thioether (sulfide) groups is 1. The molecule has 3 heterocycles. The van der Waals surface area contributed by atoms with E-state index in [0.717, 1.165) is 15.9 Å². The predicted octanol–water partition coefficient (Wildman–Crippen LogP) is 5.84. The molecule has 172 valence electrons. The fourth-order valence-electron chi connectivity index (χ4n) is 3.23. The molecule has 0 atom stereocenters. The van der Waals surface area contributed by atoms with Gasteiger partial charge in [0.2, 0.25) is 11.7 Å². The number of aromatic nitrogens is 4. The normalized spacial score (nSPS) is 11.3. The van der Waals surface area contributed by atoms with Crippen LogP contribution in [0.5, 0.6) is 11.5 Å². The smallest absolute Gasteiger partial charge is 0.387 e. The van der Waals surface area contributed by atoms with E-state index < -0.39 is 6.61 Å². The van der Waals surface area contributed by atoms with Crippen LogP contribution >= 0.6 is 11.8 Å². The van der Waals surface area contributed by atoms with E-state index in [-0.39, 0.29) is 11.5 Å². The van der Waals surface area contributed by atoms with E-state index >= 15 is 0 Å². The lowest BCUT2D eigenvalue weighted by Crippen LogP contribution is -2.03. The van der Waals surface area contributed by atoms with Crippen molar-refractivity contribution in [3.63, 3.8) is 0 Å². The number of fused-ring (bicyclic) bond motifs is 1. The third-order valence-corrected chi connectivity index (χ3v) is 5.72. The van der Waals surface area contributed by atoms with Gasteiger partial charge in [0.25, 0.3) is 0 Å². The third-order valence-electron chi connectivity index (χ3n) is 4.75. The van der Waals surface area contributed by atoms with Crippen LogP contribution in [0, 0.1) is 0 Å². The van der Waals surface area contributed by atoms with E-state index in [4.69, 9.17) is 13.7 Å². The molecule has 3 aromatic heterocycles. The fraction of sp³-hybridized carbons (Fsp3) is 0.130. The van der Waals surface area contributed by atoms with Crippen molar-refractivity contribution in [2.75, 3.05) is 7.11 Å². The Morgan fingerprint density at radius 1 is 0.971 bits per heavy atom. The first-order valence-electron chi connectivity index (χ1n) is 10.00. The molecule has 0 bridgehead atoms. The van der Waals surface area contributed by atoms with Gasteiger partial charge in [-0.3, -0.25) is 0 Å². The molecule has 5 rings (SSSR count). The quantitative estimate of drug-likeness (QED) is 0.199. The Hall–Kier alpha value is -3.99. The molecule has 0 amide bonds. The molecule has 0 saturated heterocycles. The maximum atomic E-state index is 12.6. The second-order valence-corrected chi connectivity index (χ2v) is 7.86. The number of ether oxygens (including phenoxy) is 2. The highest BCUT2D eigenvalue weighted by Gasteiger charge is 2.16. The summed E-state index contributed by atoms with van der Waals surface area (Å²) in [4.78, 5) is 13.6. The monoisotopic (exact) mass is 482 g/mol. The van der Waals surface area contributed by atoms with E-state index in [1.807, 2.05) is 24.3 Å². The molecular formula is C23H16F2N4O4S. The van der Waals surface area contributed by atoms with Gasteiger partial charge in [-0.05, 0) is 36.4 Å². The molecule has 0 aliphatic rings. The molecule has 5 aromatic rings. The summed E-state index contributed by atoms with van der Waals surface area (Å²) >= 11 is 1.42. The molecule has 0 fully saturated rings. The van der Waals surface area contributed by atoms with Crippen molar-refractivity contribution in [2.24, 2.45) is 0 Å². The number of rotatable bonds is 8. The third kappa shape index (κ3) is 4.55. The Morgan fingerprint density at radius 3 is 2.65 bits per heavy atom.